The summed E-state index contributed by atoms with van der Waals surface area (Å²) < 4.78 is 10.6. The first kappa shape index (κ1) is 18.0. The average molecular weight is 327 g/mol. The van der Waals surface area contributed by atoms with Crippen molar-refractivity contribution in [3.63, 3.8) is 0 Å². The lowest BCUT2D eigenvalue weighted by Crippen LogP contribution is -2.56. The van der Waals surface area contributed by atoms with Crippen LogP contribution in [0.4, 0.5) is 4.79 Å². The number of likely N-dealkylation sites (tertiary alicyclic amines) is 1. The fourth-order valence-corrected chi connectivity index (χ4v) is 3.61. The summed E-state index contributed by atoms with van der Waals surface area (Å²) in [6.45, 7) is 7.98. The summed E-state index contributed by atoms with van der Waals surface area (Å²) in [5.74, 6) is 0.195. The average Bonchev–Trinajstić information content (AvgIpc) is 2.44. The lowest BCUT2D eigenvalue weighted by Gasteiger charge is -2.45. The normalized spacial score (nSPS) is 31.3. The van der Waals surface area contributed by atoms with Crippen LogP contribution >= 0.6 is 0 Å². The van der Waals surface area contributed by atoms with Crippen molar-refractivity contribution in [2.24, 2.45) is 11.8 Å². The maximum Gasteiger partial charge on any atom is 0.411 e. The molecule has 0 aromatic carbocycles. The van der Waals surface area contributed by atoms with E-state index in [0.717, 1.165) is 12.8 Å². The summed E-state index contributed by atoms with van der Waals surface area (Å²) in [5, 5.41) is 9.88. The standard InChI is InChI=1S/C17H29NO5/c1-5-22-15(20)14-9-12-8-13(19)7-6-11(12)10-18(14)16(21)23-17(2,3)4/h11-14,19H,5-10H2,1-4H3/t11-,12-,13+,14-/m0/s1. The van der Waals surface area contributed by atoms with Gasteiger partial charge in [0.25, 0.3) is 0 Å². The number of fused-ring (bicyclic) bond motifs is 1. The minimum absolute atomic E-state index is 0.256. The minimum Gasteiger partial charge on any atom is -0.464 e. The van der Waals surface area contributed by atoms with Crippen LogP contribution in [-0.4, -0.2) is 53.0 Å². The molecule has 0 bridgehead atoms. The number of hydrogen-bond acceptors (Lipinski definition) is 5. The first-order valence-corrected chi connectivity index (χ1v) is 8.55. The van der Waals surface area contributed by atoms with Crippen molar-refractivity contribution >= 4 is 12.1 Å². The Labute approximate surface area is 138 Å². The van der Waals surface area contributed by atoms with Crippen LogP contribution in [0.25, 0.3) is 0 Å². The van der Waals surface area contributed by atoms with Gasteiger partial charge in [0, 0.05) is 6.54 Å². The zero-order valence-corrected chi connectivity index (χ0v) is 14.6. The summed E-state index contributed by atoms with van der Waals surface area (Å²) in [6.07, 6.45) is 2.11. The van der Waals surface area contributed by atoms with Crippen LogP contribution in [0.3, 0.4) is 0 Å². The van der Waals surface area contributed by atoms with E-state index in [1.165, 1.54) is 4.90 Å². The molecule has 1 saturated heterocycles. The predicted molar refractivity (Wildman–Crippen MR) is 84.8 cm³/mol. The largest absolute Gasteiger partial charge is 0.464 e. The van der Waals surface area contributed by atoms with E-state index in [4.69, 9.17) is 9.47 Å². The molecule has 1 saturated carbocycles. The number of esters is 1. The van der Waals surface area contributed by atoms with Gasteiger partial charge in [0.1, 0.15) is 11.6 Å². The lowest BCUT2D eigenvalue weighted by molar-refractivity contribution is -0.153. The molecule has 1 amide bonds. The van der Waals surface area contributed by atoms with E-state index in [1.54, 1.807) is 6.92 Å². The SMILES string of the molecule is CCOC(=O)[C@@H]1C[C@@H]2C[C@H](O)CC[C@H]2CN1C(=O)OC(C)(C)C. The Balaban J connectivity index is 2.15. The van der Waals surface area contributed by atoms with Crippen LogP contribution in [0.2, 0.25) is 0 Å². The van der Waals surface area contributed by atoms with E-state index >= 15 is 0 Å². The van der Waals surface area contributed by atoms with E-state index in [1.807, 2.05) is 20.8 Å². The maximum absolute atomic E-state index is 12.5. The Morgan fingerprint density at radius 1 is 1.17 bits per heavy atom. The second-order valence-corrected chi connectivity index (χ2v) is 7.62. The minimum atomic E-state index is -0.614. The Morgan fingerprint density at radius 2 is 1.87 bits per heavy atom. The van der Waals surface area contributed by atoms with E-state index in [0.29, 0.717) is 25.3 Å². The number of carbonyl (C=O) groups excluding carboxylic acids is 2. The Kier molecular flexibility index (Phi) is 5.55. The monoisotopic (exact) mass is 327 g/mol. The van der Waals surface area contributed by atoms with Crippen molar-refractivity contribution in [3.05, 3.63) is 0 Å². The Morgan fingerprint density at radius 3 is 2.48 bits per heavy atom. The van der Waals surface area contributed by atoms with Gasteiger partial charge in [-0.05, 0) is 65.2 Å². The van der Waals surface area contributed by atoms with Gasteiger partial charge in [-0.3, -0.25) is 4.90 Å². The first-order chi connectivity index (χ1) is 10.7. The number of piperidine rings is 1. The quantitative estimate of drug-likeness (QED) is 0.788. The van der Waals surface area contributed by atoms with Gasteiger partial charge in [-0.25, -0.2) is 9.59 Å². The van der Waals surface area contributed by atoms with Crippen molar-refractivity contribution in [2.75, 3.05) is 13.2 Å². The molecule has 0 spiro atoms. The zero-order chi connectivity index (χ0) is 17.2. The second kappa shape index (κ2) is 7.07. The molecule has 2 rings (SSSR count). The molecule has 0 radical (unpaired) electrons. The fourth-order valence-electron chi connectivity index (χ4n) is 3.61. The molecule has 1 heterocycles. The molecule has 6 nitrogen and oxygen atoms in total. The molecular weight excluding hydrogens is 298 g/mol. The highest BCUT2D eigenvalue weighted by Crippen LogP contribution is 2.39. The summed E-state index contributed by atoms with van der Waals surface area (Å²) >= 11 is 0. The van der Waals surface area contributed by atoms with Crippen LogP contribution in [0, 0.1) is 11.8 Å². The van der Waals surface area contributed by atoms with Gasteiger partial charge in [-0.15, -0.1) is 0 Å². The molecule has 1 aliphatic heterocycles. The van der Waals surface area contributed by atoms with Gasteiger partial charge in [0.15, 0.2) is 0 Å². The number of carbonyl (C=O) groups is 2. The number of amides is 1. The third kappa shape index (κ3) is 4.59. The third-order valence-electron chi connectivity index (χ3n) is 4.63. The molecule has 132 valence electrons. The molecule has 6 heteroatoms. The molecule has 4 atom stereocenters. The fraction of sp³-hybridized carbons (Fsp3) is 0.882. The Bertz CT molecular complexity index is 445. The highest BCUT2D eigenvalue weighted by molar-refractivity contribution is 5.82. The highest BCUT2D eigenvalue weighted by atomic mass is 16.6. The van der Waals surface area contributed by atoms with Gasteiger partial charge in [0.2, 0.25) is 0 Å². The van der Waals surface area contributed by atoms with Crippen LogP contribution in [0.5, 0.6) is 0 Å². The van der Waals surface area contributed by atoms with Crippen molar-refractivity contribution in [1.29, 1.82) is 0 Å². The number of nitrogens with zero attached hydrogens (tertiary/aromatic N) is 1. The van der Waals surface area contributed by atoms with Gasteiger partial charge in [-0.1, -0.05) is 0 Å². The smallest absolute Gasteiger partial charge is 0.411 e. The number of aliphatic hydroxyl groups excluding tert-OH is 1. The number of hydrogen-bond donors (Lipinski definition) is 1. The molecular formula is C17H29NO5. The molecule has 23 heavy (non-hydrogen) atoms. The molecule has 1 aliphatic carbocycles. The molecule has 0 aromatic heterocycles. The Hall–Kier alpha value is -1.30. The van der Waals surface area contributed by atoms with Crippen LogP contribution in [0.15, 0.2) is 0 Å². The first-order valence-electron chi connectivity index (χ1n) is 8.55. The van der Waals surface area contributed by atoms with Crippen LogP contribution in [-0.2, 0) is 14.3 Å². The lowest BCUT2D eigenvalue weighted by atomic mass is 9.72. The van der Waals surface area contributed by atoms with E-state index < -0.39 is 17.7 Å². The summed E-state index contributed by atoms with van der Waals surface area (Å²) in [4.78, 5) is 26.3. The van der Waals surface area contributed by atoms with Crippen molar-refractivity contribution in [2.45, 2.75) is 71.1 Å². The summed E-state index contributed by atoms with van der Waals surface area (Å²) in [7, 11) is 0. The maximum atomic E-state index is 12.5. The van der Waals surface area contributed by atoms with Crippen molar-refractivity contribution in [1.82, 2.24) is 4.90 Å². The second-order valence-electron chi connectivity index (χ2n) is 7.62. The van der Waals surface area contributed by atoms with E-state index in [-0.39, 0.29) is 24.6 Å². The van der Waals surface area contributed by atoms with Crippen molar-refractivity contribution < 1.29 is 24.2 Å². The van der Waals surface area contributed by atoms with Gasteiger partial charge in [0.05, 0.1) is 12.7 Å². The van der Waals surface area contributed by atoms with E-state index in [2.05, 4.69) is 0 Å². The number of aliphatic hydroxyl groups is 1. The number of rotatable bonds is 2. The van der Waals surface area contributed by atoms with Gasteiger partial charge < -0.3 is 14.6 Å². The van der Waals surface area contributed by atoms with E-state index in [9.17, 15) is 14.7 Å². The van der Waals surface area contributed by atoms with Gasteiger partial charge >= 0.3 is 12.1 Å². The third-order valence-corrected chi connectivity index (χ3v) is 4.63. The molecule has 2 fully saturated rings. The highest BCUT2D eigenvalue weighted by Gasteiger charge is 2.45. The van der Waals surface area contributed by atoms with Gasteiger partial charge in [-0.2, -0.15) is 0 Å². The van der Waals surface area contributed by atoms with Crippen molar-refractivity contribution in [3.8, 4) is 0 Å². The summed E-state index contributed by atoms with van der Waals surface area (Å²) in [6, 6.07) is -0.614. The topological polar surface area (TPSA) is 76.1 Å². The van der Waals surface area contributed by atoms with Crippen LogP contribution < -0.4 is 0 Å². The molecule has 0 unspecified atom stereocenters. The molecule has 0 aromatic rings. The number of ether oxygens (including phenoxy) is 2. The zero-order valence-electron chi connectivity index (χ0n) is 14.6. The predicted octanol–water partition coefficient (Wildman–Crippen LogP) is 2.34. The van der Waals surface area contributed by atoms with Crippen LogP contribution in [0.1, 0.15) is 53.4 Å². The molecule has 2 aliphatic rings. The summed E-state index contributed by atoms with van der Waals surface area (Å²) in [5.41, 5.74) is -0.601. The molecule has 1 N–H and O–H groups in total.